The van der Waals surface area contributed by atoms with Crippen molar-refractivity contribution in [3.8, 4) is 11.8 Å². The van der Waals surface area contributed by atoms with Crippen LogP contribution in [0.5, 0.6) is 5.88 Å². The molecule has 9 heteroatoms. The van der Waals surface area contributed by atoms with E-state index in [-0.39, 0.29) is 0 Å². The van der Waals surface area contributed by atoms with Crippen molar-refractivity contribution in [2.24, 2.45) is 5.92 Å². The molecule has 1 aliphatic carbocycles. The number of rotatable bonds is 7. The minimum absolute atomic E-state index is 0.291. The van der Waals surface area contributed by atoms with Crippen LogP contribution >= 0.6 is 0 Å². The molecule has 0 radical (unpaired) electrons. The first-order valence-electron chi connectivity index (χ1n) is 10.7. The van der Waals surface area contributed by atoms with Crippen LogP contribution in [0.3, 0.4) is 0 Å². The number of fused-ring (bicyclic) bond motifs is 1. The maximum atomic E-state index is 12.0. The normalized spacial score (nSPS) is 14.7. The van der Waals surface area contributed by atoms with Crippen molar-refractivity contribution >= 4 is 22.6 Å². The molecule has 0 bridgehead atoms. The number of methoxy groups -OCH3 is 1. The zero-order chi connectivity index (χ0) is 22.0. The van der Waals surface area contributed by atoms with E-state index in [1.54, 1.807) is 20.2 Å². The van der Waals surface area contributed by atoms with Gasteiger partial charge in [-0.05, 0) is 38.2 Å². The highest BCUT2D eigenvalue weighted by Crippen LogP contribution is 2.32. The predicted molar refractivity (Wildman–Crippen MR) is 116 cm³/mol. The van der Waals surface area contributed by atoms with Crippen LogP contribution in [0.4, 0.5) is 0 Å². The first-order chi connectivity index (χ1) is 15.0. The summed E-state index contributed by atoms with van der Waals surface area (Å²) in [7, 11) is 1.58. The van der Waals surface area contributed by atoms with Gasteiger partial charge in [-0.25, -0.2) is 14.5 Å². The summed E-state index contributed by atoms with van der Waals surface area (Å²) in [6.07, 6.45) is 9.22. The van der Waals surface area contributed by atoms with E-state index < -0.39 is 5.97 Å². The highest BCUT2D eigenvalue weighted by molar-refractivity contribution is 5.90. The van der Waals surface area contributed by atoms with E-state index in [0.29, 0.717) is 41.1 Å². The molecule has 0 N–H and O–H groups in total. The quantitative estimate of drug-likeness (QED) is 0.532. The van der Waals surface area contributed by atoms with E-state index in [4.69, 9.17) is 19.6 Å². The molecule has 4 rings (SSSR count). The molecule has 3 heterocycles. The van der Waals surface area contributed by atoms with E-state index in [9.17, 15) is 4.79 Å². The third-order valence-corrected chi connectivity index (χ3v) is 5.60. The fourth-order valence-corrected chi connectivity index (χ4v) is 4.07. The molecule has 0 unspecified atom stereocenters. The van der Waals surface area contributed by atoms with Crippen molar-refractivity contribution in [2.45, 2.75) is 52.5 Å². The first kappa shape index (κ1) is 21.0. The maximum Gasteiger partial charge on any atom is 0.341 e. The van der Waals surface area contributed by atoms with Crippen molar-refractivity contribution in [2.75, 3.05) is 13.7 Å². The zero-order valence-electron chi connectivity index (χ0n) is 18.3. The summed E-state index contributed by atoms with van der Waals surface area (Å²) in [6, 6.07) is 0. The molecule has 0 atom stereocenters. The third kappa shape index (κ3) is 4.17. The summed E-state index contributed by atoms with van der Waals surface area (Å²) >= 11 is 0. The van der Waals surface area contributed by atoms with Crippen LogP contribution in [0.2, 0.25) is 0 Å². The second-order valence-corrected chi connectivity index (χ2v) is 7.94. The van der Waals surface area contributed by atoms with Gasteiger partial charge >= 0.3 is 5.97 Å². The van der Waals surface area contributed by atoms with Gasteiger partial charge in [0.25, 0.3) is 5.95 Å². The van der Waals surface area contributed by atoms with Gasteiger partial charge in [-0.1, -0.05) is 25.8 Å². The van der Waals surface area contributed by atoms with Crippen LogP contribution < -0.4 is 4.74 Å². The maximum absolute atomic E-state index is 12.0. The van der Waals surface area contributed by atoms with Crippen LogP contribution in [-0.4, -0.2) is 49.2 Å². The molecule has 0 aromatic carbocycles. The van der Waals surface area contributed by atoms with E-state index in [2.05, 4.69) is 16.7 Å². The van der Waals surface area contributed by atoms with Gasteiger partial charge in [-0.15, -0.1) is 0 Å². The zero-order valence-corrected chi connectivity index (χ0v) is 18.3. The standard InChI is InChI=1S/C22H28N6O3/c1-5-31-21(29)16-11-23-28(13-16)22-24-18-17(14(2)3)26-27(19(18)20(25-22)30-4)12-15-9-7-6-8-10-15/h11,13,15H,2,5-10,12H2,1,3-4H3. The lowest BCUT2D eigenvalue weighted by Crippen LogP contribution is -2.15. The predicted octanol–water partition coefficient (Wildman–Crippen LogP) is 3.81. The van der Waals surface area contributed by atoms with Crippen molar-refractivity contribution in [1.29, 1.82) is 0 Å². The van der Waals surface area contributed by atoms with E-state index >= 15 is 0 Å². The van der Waals surface area contributed by atoms with Gasteiger partial charge in [0.2, 0.25) is 5.88 Å². The summed E-state index contributed by atoms with van der Waals surface area (Å²) in [4.78, 5) is 21.3. The second kappa shape index (κ2) is 8.87. The Morgan fingerprint density at radius 1 is 1.26 bits per heavy atom. The fourth-order valence-electron chi connectivity index (χ4n) is 4.07. The monoisotopic (exact) mass is 424 g/mol. The molecule has 9 nitrogen and oxygen atoms in total. The summed E-state index contributed by atoms with van der Waals surface area (Å²) in [6.45, 7) is 8.85. The number of hydrogen-bond donors (Lipinski definition) is 0. The average molecular weight is 425 g/mol. The van der Waals surface area contributed by atoms with Crippen LogP contribution in [0.1, 0.15) is 62.0 Å². The Kier molecular flexibility index (Phi) is 6.01. The lowest BCUT2D eigenvalue weighted by atomic mass is 9.89. The molecule has 31 heavy (non-hydrogen) atoms. The SMILES string of the molecule is C=C(C)c1nn(CC2CCCCC2)c2c(OC)nc(-n3cc(C(=O)OCC)cn3)nc12. The highest BCUT2D eigenvalue weighted by Gasteiger charge is 2.24. The molecule has 3 aromatic rings. The van der Waals surface area contributed by atoms with Gasteiger partial charge in [-0.3, -0.25) is 4.68 Å². The van der Waals surface area contributed by atoms with E-state index in [1.165, 1.54) is 43.0 Å². The summed E-state index contributed by atoms with van der Waals surface area (Å²) in [5.41, 5.74) is 3.28. The Hall–Kier alpha value is -3.23. The lowest BCUT2D eigenvalue weighted by molar-refractivity contribution is 0.0526. The molecule has 164 valence electrons. The molecule has 0 amide bonds. The molecule has 0 saturated heterocycles. The van der Waals surface area contributed by atoms with E-state index in [0.717, 1.165) is 17.6 Å². The molecule has 0 spiro atoms. The Balaban J connectivity index is 1.78. The third-order valence-electron chi connectivity index (χ3n) is 5.60. The van der Waals surface area contributed by atoms with Crippen LogP contribution in [-0.2, 0) is 11.3 Å². The van der Waals surface area contributed by atoms with Gasteiger partial charge in [0.05, 0.1) is 25.5 Å². The van der Waals surface area contributed by atoms with Gasteiger partial charge in [0.15, 0.2) is 0 Å². The Morgan fingerprint density at radius 3 is 2.71 bits per heavy atom. The summed E-state index contributed by atoms with van der Waals surface area (Å²) < 4.78 is 14.1. The van der Waals surface area contributed by atoms with Gasteiger partial charge in [-0.2, -0.15) is 15.2 Å². The number of hydrogen-bond acceptors (Lipinski definition) is 7. The van der Waals surface area contributed by atoms with E-state index in [1.807, 2.05) is 11.6 Å². The summed E-state index contributed by atoms with van der Waals surface area (Å²) in [5, 5.41) is 9.05. The molecular formula is C22H28N6O3. The van der Waals surface area contributed by atoms with Gasteiger partial charge < -0.3 is 9.47 Å². The Morgan fingerprint density at radius 2 is 2.03 bits per heavy atom. The number of carbonyl (C=O) groups is 1. The van der Waals surface area contributed by atoms with Crippen molar-refractivity contribution in [1.82, 2.24) is 29.5 Å². The Bertz CT molecular complexity index is 1110. The number of esters is 1. The fraction of sp³-hybridized carbons (Fsp3) is 0.500. The van der Waals surface area contributed by atoms with Crippen LogP contribution in [0.15, 0.2) is 19.0 Å². The molecule has 0 aliphatic heterocycles. The minimum Gasteiger partial charge on any atom is -0.479 e. The van der Waals surface area contributed by atoms with Crippen molar-refractivity contribution < 1.29 is 14.3 Å². The molecule has 1 fully saturated rings. The van der Waals surface area contributed by atoms with Crippen molar-refractivity contribution in [3.63, 3.8) is 0 Å². The first-order valence-corrected chi connectivity index (χ1v) is 10.7. The average Bonchev–Trinajstić information content (AvgIpc) is 3.40. The number of carbonyl (C=O) groups excluding carboxylic acids is 1. The molecule has 1 aliphatic rings. The highest BCUT2D eigenvalue weighted by atomic mass is 16.5. The van der Waals surface area contributed by atoms with Crippen molar-refractivity contribution in [3.05, 3.63) is 30.2 Å². The minimum atomic E-state index is -0.440. The topological polar surface area (TPSA) is 97.0 Å². The van der Waals surface area contributed by atoms with Gasteiger partial charge in [0.1, 0.15) is 16.7 Å². The molecule has 3 aromatic heterocycles. The van der Waals surface area contributed by atoms with Gasteiger partial charge in [0, 0.05) is 12.7 Å². The largest absolute Gasteiger partial charge is 0.479 e. The lowest BCUT2D eigenvalue weighted by Gasteiger charge is -2.21. The number of ether oxygens (including phenoxy) is 2. The summed E-state index contributed by atoms with van der Waals surface area (Å²) in [5.74, 6) is 0.853. The Labute approximate surface area is 181 Å². The molecule has 1 saturated carbocycles. The number of allylic oxidation sites excluding steroid dienone is 1. The molecular weight excluding hydrogens is 396 g/mol. The van der Waals surface area contributed by atoms with Crippen LogP contribution in [0.25, 0.3) is 22.6 Å². The smallest absolute Gasteiger partial charge is 0.341 e. The number of aromatic nitrogens is 6. The second-order valence-electron chi connectivity index (χ2n) is 7.94. The van der Waals surface area contributed by atoms with Crippen LogP contribution in [0, 0.1) is 5.92 Å². The number of nitrogens with zero attached hydrogens (tertiary/aromatic N) is 6.